The molecule has 20 heavy (non-hydrogen) atoms. The van der Waals surface area contributed by atoms with Crippen LogP contribution in [0.3, 0.4) is 0 Å². The van der Waals surface area contributed by atoms with Crippen LogP contribution in [0.1, 0.15) is 46.6 Å². The SMILES string of the molecule is O=C(NCc1ccncc1)c1noc2c1CCCCC2. The van der Waals surface area contributed by atoms with E-state index in [4.69, 9.17) is 4.52 Å². The Kier molecular flexibility index (Phi) is 3.76. The van der Waals surface area contributed by atoms with Crippen molar-refractivity contribution in [1.82, 2.24) is 15.5 Å². The molecule has 0 bridgehead atoms. The maximum absolute atomic E-state index is 12.2. The number of pyridine rings is 1. The summed E-state index contributed by atoms with van der Waals surface area (Å²) in [6.07, 6.45) is 8.59. The monoisotopic (exact) mass is 271 g/mol. The van der Waals surface area contributed by atoms with Crippen molar-refractivity contribution in [3.63, 3.8) is 0 Å². The number of fused-ring (bicyclic) bond motifs is 1. The van der Waals surface area contributed by atoms with E-state index in [1.54, 1.807) is 12.4 Å². The number of amides is 1. The Morgan fingerprint density at radius 1 is 1.20 bits per heavy atom. The van der Waals surface area contributed by atoms with Gasteiger partial charge in [0.25, 0.3) is 5.91 Å². The van der Waals surface area contributed by atoms with E-state index in [2.05, 4.69) is 15.5 Å². The summed E-state index contributed by atoms with van der Waals surface area (Å²) in [4.78, 5) is 16.2. The van der Waals surface area contributed by atoms with Crippen LogP contribution in [0.4, 0.5) is 0 Å². The molecule has 0 saturated carbocycles. The molecule has 0 radical (unpaired) electrons. The van der Waals surface area contributed by atoms with E-state index in [9.17, 15) is 4.79 Å². The second-order valence-electron chi connectivity index (χ2n) is 5.03. The summed E-state index contributed by atoms with van der Waals surface area (Å²) in [7, 11) is 0. The zero-order chi connectivity index (χ0) is 13.8. The Balaban J connectivity index is 1.70. The van der Waals surface area contributed by atoms with Gasteiger partial charge in [0.1, 0.15) is 5.76 Å². The molecule has 0 spiro atoms. The third-order valence-corrected chi connectivity index (χ3v) is 3.62. The summed E-state index contributed by atoms with van der Waals surface area (Å²) in [5, 5.41) is 6.83. The number of hydrogen-bond acceptors (Lipinski definition) is 4. The van der Waals surface area contributed by atoms with Gasteiger partial charge in [-0.2, -0.15) is 0 Å². The van der Waals surface area contributed by atoms with Crippen molar-refractivity contribution in [2.75, 3.05) is 0 Å². The molecule has 0 unspecified atom stereocenters. The summed E-state index contributed by atoms with van der Waals surface area (Å²) in [6.45, 7) is 0.475. The van der Waals surface area contributed by atoms with E-state index in [-0.39, 0.29) is 5.91 Å². The van der Waals surface area contributed by atoms with Gasteiger partial charge < -0.3 is 9.84 Å². The van der Waals surface area contributed by atoms with Gasteiger partial charge in [-0.25, -0.2) is 0 Å². The van der Waals surface area contributed by atoms with Crippen LogP contribution in [0.15, 0.2) is 29.0 Å². The molecule has 0 atom stereocenters. The van der Waals surface area contributed by atoms with Crippen LogP contribution < -0.4 is 5.32 Å². The van der Waals surface area contributed by atoms with Crippen molar-refractivity contribution < 1.29 is 9.32 Å². The van der Waals surface area contributed by atoms with Crippen LogP contribution in [0.2, 0.25) is 0 Å². The molecule has 5 heteroatoms. The minimum atomic E-state index is -0.159. The minimum Gasteiger partial charge on any atom is -0.360 e. The molecule has 5 nitrogen and oxygen atoms in total. The number of hydrogen-bond donors (Lipinski definition) is 1. The largest absolute Gasteiger partial charge is 0.360 e. The number of carbonyl (C=O) groups is 1. The lowest BCUT2D eigenvalue weighted by atomic mass is 10.1. The molecule has 1 amide bonds. The first-order chi connectivity index (χ1) is 9.84. The van der Waals surface area contributed by atoms with E-state index in [1.165, 1.54) is 6.42 Å². The molecule has 1 aliphatic rings. The number of aromatic nitrogens is 2. The van der Waals surface area contributed by atoms with E-state index in [0.29, 0.717) is 12.2 Å². The van der Waals surface area contributed by atoms with Gasteiger partial charge in [0.05, 0.1) is 0 Å². The number of nitrogens with zero attached hydrogens (tertiary/aromatic N) is 2. The Labute approximate surface area is 117 Å². The van der Waals surface area contributed by atoms with Gasteiger partial charge in [-0.15, -0.1) is 0 Å². The molecule has 2 aromatic rings. The van der Waals surface area contributed by atoms with Crippen molar-refractivity contribution in [3.8, 4) is 0 Å². The zero-order valence-corrected chi connectivity index (χ0v) is 11.3. The normalized spacial score (nSPS) is 14.4. The van der Waals surface area contributed by atoms with E-state index < -0.39 is 0 Å². The smallest absolute Gasteiger partial charge is 0.274 e. The average Bonchev–Trinajstić information content (AvgIpc) is 2.75. The summed E-state index contributed by atoms with van der Waals surface area (Å²) >= 11 is 0. The van der Waals surface area contributed by atoms with Crippen molar-refractivity contribution in [2.24, 2.45) is 0 Å². The molecule has 104 valence electrons. The predicted molar refractivity (Wildman–Crippen MR) is 73.2 cm³/mol. The van der Waals surface area contributed by atoms with Crippen LogP contribution in [-0.2, 0) is 19.4 Å². The summed E-state index contributed by atoms with van der Waals surface area (Å²) in [5.41, 5.74) is 2.47. The highest BCUT2D eigenvalue weighted by atomic mass is 16.5. The van der Waals surface area contributed by atoms with Crippen LogP contribution in [0, 0.1) is 0 Å². The van der Waals surface area contributed by atoms with E-state index in [1.807, 2.05) is 12.1 Å². The molecular weight excluding hydrogens is 254 g/mol. The lowest BCUT2D eigenvalue weighted by Gasteiger charge is -2.04. The summed E-state index contributed by atoms with van der Waals surface area (Å²) in [5.74, 6) is 0.727. The van der Waals surface area contributed by atoms with Gasteiger partial charge in [-0.3, -0.25) is 9.78 Å². The topological polar surface area (TPSA) is 68.0 Å². The van der Waals surface area contributed by atoms with Crippen molar-refractivity contribution in [1.29, 1.82) is 0 Å². The number of rotatable bonds is 3. The van der Waals surface area contributed by atoms with Crippen molar-refractivity contribution in [2.45, 2.75) is 38.6 Å². The molecule has 1 N–H and O–H groups in total. The van der Waals surface area contributed by atoms with Gasteiger partial charge in [0.2, 0.25) is 0 Å². The van der Waals surface area contributed by atoms with Gasteiger partial charge in [0, 0.05) is 30.9 Å². The Bertz CT molecular complexity index is 592. The second-order valence-corrected chi connectivity index (χ2v) is 5.03. The Hall–Kier alpha value is -2.17. The fourth-order valence-corrected chi connectivity index (χ4v) is 2.51. The summed E-state index contributed by atoms with van der Waals surface area (Å²) in [6, 6.07) is 3.76. The first-order valence-electron chi connectivity index (χ1n) is 6.99. The molecule has 3 rings (SSSR count). The highest BCUT2D eigenvalue weighted by Gasteiger charge is 2.22. The maximum atomic E-state index is 12.2. The molecular formula is C15H17N3O2. The van der Waals surface area contributed by atoms with Crippen LogP contribution in [-0.4, -0.2) is 16.0 Å². The van der Waals surface area contributed by atoms with Gasteiger partial charge in [-0.05, 0) is 37.0 Å². The fourth-order valence-electron chi connectivity index (χ4n) is 2.51. The number of nitrogens with one attached hydrogen (secondary N) is 1. The van der Waals surface area contributed by atoms with Gasteiger partial charge in [0.15, 0.2) is 5.69 Å². The van der Waals surface area contributed by atoms with Crippen molar-refractivity contribution in [3.05, 3.63) is 47.1 Å². The number of carbonyl (C=O) groups excluding carboxylic acids is 1. The Morgan fingerprint density at radius 2 is 2.00 bits per heavy atom. The highest BCUT2D eigenvalue weighted by molar-refractivity contribution is 5.93. The van der Waals surface area contributed by atoms with E-state index >= 15 is 0 Å². The van der Waals surface area contributed by atoms with Crippen LogP contribution in [0.25, 0.3) is 0 Å². The standard InChI is InChI=1S/C15H17N3O2/c19-15(17-10-11-6-8-16-9-7-11)14-12-4-2-1-3-5-13(12)20-18-14/h6-9H,1-5,10H2,(H,17,19). The first kappa shape index (κ1) is 12.8. The fraction of sp³-hybridized carbons (Fsp3) is 0.400. The summed E-state index contributed by atoms with van der Waals surface area (Å²) < 4.78 is 5.32. The van der Waals surface area contributed by atoms with Gasteiger partial charge >= 0.3 is 0 Å². The molecule has 0 aromatic carbocycles. The average molecular weight is 271 g/mol. The molecule has 2 heterocycles. The molecule has 1 aliphatic carbocycles. The highest BCUT2D eigenvalue weighted by Crippen LogP contribution is 2.23. The molecule has 0 aliphatic heterocycles. The third-order valence-electron chi connectivity index (χ3n) is 3.62. The first-order valence-corrected chi connectivity index (χ1v) is 6.99. The predicted octanol–water partition coefficient (Wildman–Crippen LogP) is 2.27. The quantitative estimate of drug-likeness (QED) is 0.869. The third kappa shape index (κ3) is 2.71. The van der Waals surface area contributed by atoms with Gasteiger partial charge in [-0.1, -0.05) is 11.6 Å². The molecule has 2 aromatic heterocycles. The number of aryl methyl sites for hydroxylation is 1. The van der Waals surface area contributed by atoms with Crippen molar-refractivity contribution >= 4 is 5.91 Å². The lowest BCUT2D eigenvalue weighted by Crippen LogP contribution is -2.24. The van der Waals surface area contributed by atoms with E-state index in [0.717, 1.165) is 42.6 Å². The molecule has 0 fully saturated rings. The zero-order valence-electron chi connectivity index (χ0n) is 11.3. The van der Waals surface area contributed by atoms with Crippen LogP contribution >= 0.6 is 0 Å². The Morgan fingerprint density at radius 3 is 2.85 bits per heavy atom. The lowest BCUT2D eigenvalue weighted by molar-refractivity contribution is 0.0941. The molecule has 0 saturated heterocycles. The van der Waals surface area contributed by atoms with Crippen LogP contribution in [0.5, 0.6) is 0 Å². The second kappa shape index (κ2) is 5.86. The minimum absolute atomic E-state index is 0.159. The maximum Gasteiger partial charge on any atom is 0.274 e.